The van der Waals surface area contributed by atoms with Crippen LogP contribution in [0.5, 0.6) is 0 Å². The first kappa shape index (κ1) is 11.2. The van der Waals surface area contributed by atoms with Gasteiger partial charge in [0.25, 0.3) is 0 Å². The fraction of sp³-hybridized carbons (Fsp3) is 0. The number of fused-ring (bicyclic) bond motifs is 3. The van der Waals surface area contributed by atoms with E-state index in [1.54, 1.807) is 12.1 Å². The molecule has 1 nitrogen and oxygen atoms in total. The van der Waals surface area contributed by atoms with Crippen LogP contribution in [0.3, 0.4) is 0 Å². The van der Waals surface area contributed by atoms with Gasteiger partial charge in [0.1, 0.15) is 0 Å². The molecule has 0 aliphatic heterocycles. The van der Waals surface area contributed by atoms with Gasteiger partial charge in [0.05, 0.1) is 0 Å². The Morgan fingerprint density at radius 2 is 0.900 bits per heavy atom. The zero-order valence-corrected chi connectivity index (χ0v) is 10.8. The van der Waals surface area contributed by atoms with Crippen molar-refractivity contribution in [2.45, 2.75) is 0 Å². The van der Waals surface area contributed by atoms with Gasteiger partial charge in [0, 0.05) is 0 Å². The molecule has 0 atom stereocenters. The third-order valence-electron chi connectivity index (χ3n) is 3.74. The smallest absolute Gasteiger partial charge is 0.179 e. The van der Waals surface area contributed by atoms with Crippen molar-refractivity contribution in [3.63, 3.8) is 0 Å². The predicted octanol–water partition coefficient (Wildman–Crippen LogP) is 4.51. The predicted molar refractivity (Wildman–Crippen MR) is 85.2 cm³/mol. The maximum absolute atomic E-state index is 11.6. The van der Waals surface area contributed by atoms with E-state index in [0.717, 1.165) is 10.8 Å². The Balaban J connectivity index is 2.20. The molecule has 94 valence electrons. The summed E-state index contributed by atoms with van der Waals surface area (Å²) >= 11 is 0. The average Bonchev–Trinajstić information content (AvgIpc) is 2.63. The van der Waals surface area contributed by atoms with E-state index in [1.807, 2.05) is 18.2 Å². The van der Waals surface area contributed by atoms with Gasteiger partial charge in [0.2, 0.25) is 0 Å². The highest BCUT2D eigenvalue weighted by atomic mass is 16.1. The van der Waals surface area contributed by atoms with Crippen molar-refractivity contribution in [2.75, 3.05) is 0 Å². The molecular weight excluding hydrogens is 244 g/mol. The van der Waals surface area contributed by atoms with Crippen molar-refractivity contribution in [3.8, 4) is 0 Å². The summed E-state index contributed by atoms with van der Waals surface area (Å²) in [6.07, 6.45) is 0. The van der Waals surface area contributed by atoms with Crippen LogP contribution < -0.4 is 5.43 Å². The lowest BCUT2D eigenvalue weighted by atomic mass is 10.0. The molecule has 0 amide bonds. The maximum atomic E-state index is 11.6. The van der Waals surface area contributed by atoms with Gasteiger partial charge >= 0.3 is 0 Å². The zero-order valence-electron chi connectivity index (χ0n) is 10.8. The van der Waals surface area contributed by atoms with Gasteiger partial charge in [-0.3, -0.25) is 4.79 Å². The second-order valence-corrected chi connectivity index (χ2v) is 5.10. The summed E-state index contributed by atoms with van der Waals surface area (Å²) in [4.78, 5) is 11.6. The van der Waals surface area contributed by atoms with Crippen molar-refractivity contribution in [1.29, 1.82) is 0 Å². The van der Waals surface area contributed by atoms with E-state index >= 15 is 0 Å². The lowest BCUT2D eigenvalue weighted by molar-refractivity contribution is 1.70. The van der Waals surface area contributed by atoms with Gasteiger partial charge in [0.15, 0.2) is 5.43 Å². The van der Waals surface area contributed by atoms with Crippen LogP contribution in [0.4, 0.5) is 0 Å². The number of hydrogen-bond donors (Lipinski definition) is 0. The maximum Gasteiger partial charge on any atom is 0.179 e. The van der Waals surface area contributed by atoms with Gasteiger partial charge in [-0.1, -0.05) is 36.4 Å². The molecule has 4 aromatic rings. The highest BCUT2D eigenvalue weighted by Gasteiger charge is 2.00. The number of hydrogen-bond acceptors (Lipinski definition) is 1. The number of rotatable bonds is 0. The monoisotopic (exact) mass is 256 g/mol. The van der Waals surface area contributed by atoms with Crippen molar-refractivity contribution in [2.24, 2.45) is 0 Å². The summed E-state index contributed by atoms with van der Waals surface area (Å²) in [5, 5.41) is 6.92. The summed E-state index contributed by atoms with van der Waals surface area (Å²) in [7, 11) is 0. The second kappa shape index (κ2) is 4.17. The van der Waals surface area contributed by atoms with E-state index in [9.17, 15) is 4.79 Å². The Kier molecular flexibility index (Phi) is 2.33. The van der Waals surface area contributed by atoms with Gasteiger partial charge in [-0.05, 0) is 68.7 Å². The molecule has 20 heavy (non-hydrogen) atoms. The fourth-order valence-electron chi connectivity index (χ4n) is 2.74. The lowest BCUT2D eigenvalue weighted by Gasteiger charge is -2.03. The van der Waals surface area contributed by atoms with E-state index < -0.39 is 0 Å². The normalized spacial score (nSPS) is 11.2. The van der Waals surface area contributed by atoms with Crippen LogP contribution in [0.2, 0.25) is 0 Å². The highest BCUT2D eigenvalue weighted by Crippen LogP contribution is 2.26. The van der Waals surface area contributed by atoms with Crippen LogP contribution in [0.1, 0.15) is 0 Å². The molecule has 0 aliphatic carbocycles. The Hall–Kier alpha value is -2.67. The first-order valence-electron chi connectivity index (χ1n) is 6.66. The van der Waals surface area contributed by atoms with E-state index in [-0.39, 0.29) is 5.43 Å². The SMILES string of the molecule is O=c1cccc2cc3cc4ccccc4cc3cc2c1. The molecule has 0 heterocycles. The average molecular weight is 256 g/mol. The van der Waals surface area contributed by atoms with Gasteiger partial charge < -0.3 is 0 Å². The third-order valence-corrected chi connectivity index (χ3v) is 3.74. The number of benzene rings is 3. The molecule has 4 rings (SSSR count). The van der Waals surface area contributed by atoms with Crippen molar-refractivity contribution in [1.82, 2.24) is 0 Å². The summed E-state index contributed by atoms with van der Waals surface area (Å²) in [6, 6.07) is 24.1. The summed E-state index contributed by atoms with van der Waals surface area (Å²) in [5.74, 6) is 0. The van der Waals surface area contributed by atoms with Gasteiger partial charge in [-0.2, -0.15) is 0 Å². The molecule has 0 fully saturated rings. The Morgan fingerprint density at radius 1 is 0.450 bits per heavy atom. The molecule has 0 aromatic heterocycles. The quantitative estimate of drug-likeness (QED) is 0.423. The molecule has 0 radical (unpaired) electrons. The van der Waals surface area contributed by atoms with E-state index in [1.165, 1.54) is 21.5 Å². The Labute approximate surface area is 116 Å². The molecular formula is C19H12O. The minimum absolute atomic E-state index is 0.0418. The second-order valence-electron chi connectivity index (χ2n) is 5.10. The fourth-order valence-corrected chi connectivity index (χ4v) is 2.74. The van der Waals surface area contributed by atoms with Crippen LogP contribution in [0.25, 0.3) is 32.3 Å². The van der Waals surface area contributed by atoms with Crippen LogP contribution >= 0.6 is 0 Å². The van der Waals surface area contributed by atoms with E-state index in [2.05, 4.69) is 42.5 Å². The molecule has 4 aromatic carbocycles. The molecule has 0 N–H and O–H groups in total. The molecule has 0 aliphatic rings. The largest absolute Gasteiger partial charge is 0.290 e. The first-order chi connectivity index (χ1) is 9.79. The molecule has 0 unspecified atom stereocenters. The van der Waals surface area contributed by atoms with Crippen LogP contribution in [-0.2, 0) is 0 Å². The van der Waals surface area contributed by atoms with Crippen LogP contribution in [0.15, 0.2) is 77.6 Å². The standard InChI is InChI=1S/C19H12O/c20-19-7-3-6-15-10-16-8-13-4-1-2-5-14(13)9-17(16)11-18(15)12-19/h1-12H. The topological polar surface area (TPSA) is 17.1 Å². The summed E-state index contributed by atoms with van der Waals surface area (Å²) in [6.45, 7) is 0. The molecule has 0 spiro atoms. The molecule has 0 saturated heterocycles. The van der Waals surface area contributed by atoms with Gasteiger partial charge in [-0.25, -0.2) is 0 Å². The molecule has 0 saturated carbocycles. The minimum Gasteiger partial charge on any atom is -0.290 e. The van der Waals surface area contributed by atoms with E-state index in [4.69, 9.17) is 0 Å². The lowest BCUT2D eigenvalue weighted by Crippen LogP contribution is -1.89. The summed E-state index contributed by atoms with van der Waals surface area (Å²) in [5.41, 5.74) is 0.0418. The van der Waals surface area contributed by atoms with Crippen LogP contribution in [0, 0.1) is 0 Å². The summed E-state index contributed by atoms with van der Waals surface area (Å²) < 4.78 is 0. The van der Waals surface area contributed by atoms with Gasteiger partial charge in [-0.15, -0.1) is 0 Å². The van der Waals surface area contributed by atoms with Crippen molar-refractivity contribution < 1.29 is 0 Å². The third kappa shape index (κ3) is 1.76. The van der Waals surface area contributed by atoms with Crippen molar-refractivity contribution >= 4 is 32.3 Å². The molecule has 1 heteroatoms. The highest BCUT2D eigenvalue weighted by molar-refractivity contribution is 6.04. The Morgan fingerprint density at radius 3 is 1.55 bits per heavy atom. The minimum atomic E-state index is 0.0418. The molecule has 0 bridgehead atoms. The first-order valence-corrected chi connectivity index (χ1v) is 6.66. The zero-order chi connectivity index (χ0) is 13.5. The van der Waals surface area contributed by atoms with Crippen molar-refractivity contribution in [3.05, 3.63) is 83.0 Å². The van der Waals surface area contributed by atoms with E-state index in [0.29, 0.717) is 0 Å². The van der Waals surface area contributed by atoms with Crippen LogP contribution in [-0.4, -0.2) is 0 Å². The Bertz CT molecular complexity index is 1020.